The summed E-state index contributed by atoms with van der Waals surface area (Å²) in [6, 6.07) is 15.1. The summed E-state index contributed by atoms with van der Waals surface area (Å²) in [7, 11) is -3.73. The van der Waals surface area contributed by atoms with E-state index in [2.05, 4.69) is 15.5 Å². The number of benzene rings is 2. The Kier molecular flexibility index (Phi) is 7.87. The molecule has 0 aromatic heterocycles. The fourth-order valence-electron chi connectivity index (χ4n) is 3.52. The van der Waals surface area contributed by atoms with Gasteiger partial charge in [-0.2, -0.15) is 4.31 Å². The Labute approximate surface area is 189 Å². The molecule has 1 aliphatic heterocycles. The van der Waals surface area contributed by atoms with E-state index in [1.165, 1.54) is 16.4 Å². The molecule has 1 heterocycles. The minimum Gasteiger partial charge on any atom is -0.369 e. The molecule has 32 heavy (non-hydrogen) atoms. The van der Waals surface area contributed by atoms with Crippen LogP contribution in [0.15, 0.2) is 59.5 Å². The number of rotatable bonds is 8. The molecular formula is C23H30N4O4S. The number of amides is 2. The maximum absolute atomic E-state index is 13.2. The van der Waals surface area contributed by atoms with E-state index >= 15 is 0 Å². The Bertz CT molecular complexity index is 1030. The second-order valence-corrected chi connectivity index (χ2v) is 9.68. The lowest BCUT2D eigenvalue weighted by Gasteiger charge is -2.35. The van der Waals surface area contributed by atoms with Gasteiger partial charge in [-0.1, -0.05) is 31.2 Å². The van der Waals surface area contributed by atoms with Crippen LogP contribution in [0.1, 0.15) is 30.6 Å². The third-order valence-electron chi connectivity index (χ3n) is 5.38. The van der Waals surface area contributed by atoms with E-state index in [1.54, 1.807) is 19.1 Å². The average molecular weight is 459 g/mol. The van der Waals surface area contributed by atoms with Crippen molar-refractivity contribution in [3.8, 4) is 0 Å². The van der Waals surface area contributed by atoms with Gasteiger partial charge in [-0.15, -0.1) is 0 Å². The molecule has 0 aliphatic carbocycles. The molecule has 8 nitrogen and oxygen atoms in total. The zero-order chi connectivity index (χ0) is 23.1. The van der Waals surface area contributed by atoms with Crippen LogP contribution < -0.4 is 15.5 Å². The first kappa shape index (κ1) is 23.7. The normalized spacial score (nSPS) is 15.8. The van der Waals surface area contributed by atoms with Crippen molar-refractivity contribution in [1.82, 2.24) is 14.9 Å². The van der Waals surface area contributed by atoms with E-state index in [0.717, 1.165) is 12.1 Å². The molecule has 2 aromatic carbocycles. The zero-order valence-electron chi connectivity index (χ0n) is 18.5. The third kappa shape index (κ3) is 5.66. The highest BCUT2D eigenvalue weighted by Crippen LogP contribution is 2.21. The number of piperazine rings is 1. The van der Waals surface area contributed by atoms with Crippen molar-refractivity contribution in [2.45, 2.75) is 31.2 Å². The summed E-state index contributed by atoms with van der Waals surface area (Å²) in [6.45, 7) is 5.98. The van der Waals surface area contributed by atoms with Gasteiger partial charge in [-0.25, -0.2) is 8.42 Å². The van der Waals surface area contributed by atoms with Gasteiger partial charge in [0.1, 0.15) is 6.04 Å². The topological polar surface area (TPSA) is 98.8 Å². The summed E-state index contributed by atoms with van der Waals surface area (Å²) in [5, 5.41) is 5.34. The Balaban J connectivity index is 1.66. The highest BCUT2D eigenvalue weighted by Gasteiger charge is 2.29. The highest BCUT2D eigenvalue weighted by molar-refractivity contribution is 7.89. The summed E-state index contributed by atoms with van der Waals surface area (Å²) in [6.07, 6.45) is 0.798. The number of hydrogen-bond acceptors (Lipinski definition) is 5. The standard InChI is InChI=1S/C23H30N4O4S/c1-3-12-24-22(28)18(2)25-23(29)19-8-7-11-21(17-19)32(30,31)27-15-13-26(14-16-27)20-9-5-4-6-10-20/h4-11,17-18H,3,12-16H2,1-2H3,(H,24,28)(H,25,29)/t18-/m0/s1. The number of para-hydroxylation sites is 1. The monoisotopic (exact) mass is 458 g/mol. The van der Waals surface area contributed by atoms with Crippen molar-refractivity contribution in [1.29, 1.82) is 0 Å². The highest BCUT2D eigenvalue weighted by atomic mass is 32.2. The van der Waals surface area contributed by atoms with E-state index in [9.17, 15) is 18.0 Å². The van der Waals surface area contributed by atoms with Crippen LogP contribution in [-0.2, 0) is 14.8 Å². The van der Waals surface area contributed by atoms with Crippen LogP contribution in [0.5, 0.6) is 0 Å². The Morgan fingerprint density at radius 3 is 2.34 bits per heavy atom. The Morgan fingerprint density at radius 2 is 1.69 bits per heavy atom. The van der Waals surface area contributed by atoms with Gasteiger partial charge in [0.05, 0.1) is 4.90 Å². The van der Waals surface area contributed by atoms with Crippen LogP contribution >= 0.6 is 0 Å². The van der Waals surface area contributed by atoms with Crippen LogP contribution in [0, 0.1) is 0 Å². The molecule has 9 heteroatoms. The molecule has 2 amide bonds. The molecule has 0 bridgehead atoms. The zero-order valence-corrected chi connectivity index (χ0v) is 19.3. The van der Waals surface area contributed by atoms with Gasteiger partial charge in [-0.3, -0.25) is 9.59 Å². The number of nitrogens with zero attached hydrogens (tertiary/aromatic N) is 2. The van der Waals surface area contributed by atoms with Gasteiger partial charge in [0, 0.05) is 44.0 Å². The van der Waals surface area contributed by atoms with Gasteiger partial charge in [0.25, 0.3) is 5.91 Å². The third-order valence-corrected chi connectivity index (χ3v) is 7.28. The van der Waals surface area contributed by atoms with Gasteiger partial charge in [0.15, 0.2) is 0 Å². The molecule has 3 rings (SSSR count). The van der Waals surface area contributed by atoms with Crippen molar-refractivity contribution in [2.24, 2.45) is 0 Å². The number of hydrogen-bond donors (Lipinski definition) is 2. The minimum absolute atomic E-state index is 0.0707. The lowest BCUT2D eigenvalue weighted by molar-refractivity contribution is -0.122. The first-order valence-corrected chi connectivity index (χ1v) is 12.3. The first-order valence-electron chi connectivity index (χ1n) is 10.8. The maximum atomic E-state index is 13.2. The molecule has 0 spiro atoms. The molecule has 1 aliphatic rings. The Morgan fingerprint density at radius 1 is 1.00 bits per heavy atom. The molecule has 1 fully saturated rings. The van der Waals surface area contributed by atoms with Crippen molar-refractivity contribution in [3.05, 3.63) is 60.2 Å². The lowest BCUT2D eigenvalue weighted by atomic mass is 10.2. The largest absolute Gasteiger partial charge is 0.369 e. The van der Waals surface area contributed by atoms with E-state index in [-0.39, 0.29) is 16.4 Å². The van der Waals surface area contributed by atoms with Gasteiger partial charge < -0.3 is 15.5 Å². The van der Waals surface area contributed by atoms with Crippen LogP contribution in [-0.4, -0.2) is 63.3 Å². The summed E-state index contributed by atoms with van der Waals surface area (Å²) in [4.78, 5) is 26.8. The number of carbonyl (C=O) groups is 2. The molecule has 2 aromatic rings. The van der Waals surface area contributed by atoms with Crippen molar-refractivity contribution in [2.75, 3.05) is 37.6 Å². The fourth-order valence-corrected chi connectivity index (χ4v) is 4.99. The SMILES string of the molecule is CCCNC(=O)[C@H](C)NC(=O)c1cccc(S(=O)(=O)N2CCN(c3ccccc3)CC2)c1. The van der Waals surface area contributed by atoms with Crippen LogP contribution in [0.2, 0.25) is 0 Å². The van der Waals surface area contributed by atoms with Crippen molar-refractivity contribution in [3.63, 3.8) is 0 Å². The van der Waals surface area contributed by atoms with Gasteiger partial charge in [-0.05, 0) is 43.7 Å². The Hall–Kier alpha value is -2.91. The summed E-state index contributed by atoms with van der Waals surface area (Å²) in [5.74, 6) is -0.768. The first-order chi connectivity index (χ1) is 15.3. The second kappa shape index (κ2) is 10.6. The van der Waals surface area contributed by atoms with Gasteiger partial charge >= 0.3 is 0 Å². The minimum atomic E-state index is -3.73. The second-order valence-electron chi connectivity index (χ2n) is 7.74. The summed E-state index contributed by atoms with van der Waals surface area (Å²) >= 11 is 0. The van der Waals surface area contributed by atoms with Crippen LogP contribution in [0.3, 0.4) is 0 Å². The molecule has 1 atom stereocenters. The average Bonchev–Trinajstić information content (AvgIpc) is 2.83. The van der Waals surface area contributed by atoms with E-state index in [0.29, 0.717) is 32.7 Å². The number of carbonyl (C=O) groups excluding carboxylic acids is 2. The fraction of sp³-hybridized carbons (Fsp3) is 0.391. The lowest BCUT2D eigenvalue weighted by Crippen LogP contribution is -2.48. The van der Waals surface area contributed by atoms with Crippen molar-refractivity contribution >= 4 is 27.5 Å². The van der Waals surface area contributed by atoms with E-state index in [4.69, 9.17) is 0 Å². The molecular weight excluding hydrogens is 428 g/mol. The predicted molar refractivity (Wildman–Crippen MR) is 124 cm³/mol. The summed E-state index contributed by atoms with van der Waals surface area (Å²) in [5.41, 5.74) is 1.27. The number of sulfonamides is 1. The maximum Gasteiger partial charge on any atom is 0.251 e. The number of anilines is 1. The van der Waals surface area contributed by atoms with E-state index < -0.39 is 22.0 Å². The molecule has 1 saturated heterocycles. The molecule has 2 N–H and O–H groups in total. The smallest absolute Gasteiger partial charge is 0.251 e. The van der Waals surface area contributed by atoms with E-state index in [1.807, 2.05) is 37.3 Å². The molecule has 0 unspecified atom stereocenters. The number of nitrogens with one attached hydrogen (secondary N) is 2. The summed E-state index contributed by atoms with van der Waals surface area (Å²) < 4.78 is 27.8. The quantitative estimate of drug-likeness (QED) is 0.629. The predicted octanol–water partition coefficient (Wildman–Crippen LogP) is 1.84. The van der Waals surface area contributed by atoms with Gasteiger partial charge in [0.2, 0.25) is 15.9 Å². The molecule has 0 radical (unpaired) electrons. The van der Waals surface area contributed by atoms with Crippen molar-refractivity contribution < 1.29 is 18.0 Å². The molecule has 172 valence electrons. The molecule has 0 saturated carbocycles. The van der Waals surface area contributed by atoms with Crippen LogP contribution in [0.4, 0.5) is 5.69 Å². The van der Waals surface area contributed by atoms with Crippen LogP contribution in [0.25, 0.3) is 0 Å².